The average Bonchev–Trinajstić information content (AvgIpc) is 2.05. The van der Waals surface area contributed by atoms with E-state index in [1.807, 2.05) is 13.8 Å². The van der Waals surface area contributed by atoms with Gasteiger partial charge >= 0.3 is 0 Å². The number of rotatable bonds is 5. The highest BCUT2D eigenvalue weighted by molar-refractivity contribution is 5.85. The molecule has 0 spiro atoms. The molecule has 13 heavy (non-hydrogen) atoms. The highest BCUT2D eigenvalue weighted by Crippen LogP contribution is 2.23. The quantitative estimate of drug-likeness (QED) is 0.614. The van der Waals surface area contributed by atoms with Crippen molar-refractivity contribution in [2.24, 2.45) is 0 Å². The molecule has 0 saturated heterocycles. The van der Waals surface area contributed by atoms with Crippen LogP contribution in [0.1, 0.15) is 47.0 Å². The molecule has 0 aliphatic rings. The third kappa shape index (κ3) is 2.83. The van der Waals surface area contributed by atoms with Crippen molar-refractivity contribution in [3.8, 4) is 0 Å². The minimum atomic E-state index is -0.303. The first-order valence-electron chi connectivity index (χ1n) is 4.77. The zero-order valence-electron chi connectivity index (χ0n) is 8.96. The summed E-state index contributed by atoms with van der Waals surface area (Å²) in [6.07, 6.45) is 3.28. The van der Waals surface area contributed by atoms with E-state index < -0.39 is 0 Å². The molecule has 0 saturated carbocycles. The van der Waals surface area contributed by atoms with Crippen LogP contribution in [0, 0.1) is 0 Å². The number of hydrogen-bond donors (Lipinski definition) is 0. The first-order chi connectivity index (χ1) is 6.01. The predicted molar refractivity (Wildman–Crippen MR) is 52.2 cm³/mol. The Morgan fingerprint density at radius 1 is 1.46 bits per heavy atom. The van der Waals surface area contributed by atoms with Crippen molar-refractivity contribution >= 4 is 12.3 Å². The molecule has 76 valence electrons. The van der Waals surface area contributed by atoms with Gasteiger partial charge in [0.05, 0.1) is 0 Å². The molecule has 0 aliphatic carbocycles. The number of imide groups is 1. The number of nitrogens with zero attached hydrogens (tertiary/aromatic N) is 1. The average molecular weight is 185 g/mol. The maximum absolute atomic E-state index is 11.2. The zero-order chi connectivity index (χ0) is 10.5. The van der Waals surface area contributed by atoms with Gasteiger partial charge in [-0.1, -0.05) is 20.3 Å². The van der Waals surface area contributed by atoms with E-state index in [2.05, 4.69) is 6.92 Å². The topological polar surface area (TPSA) is 37.4 Å². The minimum absolute atomic E-state index is 0.173. The first-order valence-corrected chi connectivity index (χ1v) is 4.77. The van der Waals surface area contributed by atoms with E-state index >= 15 is 0 Å². The van der Waals surface area contributed by atoms with Crippen LogP contribution in [-0.4, -0.2) is 22.8 Å². The summed E-state index contributed by atoms with van der Waals surface area (Å²) in [5, 5.41) is 0. The largest absolute Gasteiger partial charge is 0.280 e. The van der Waals surface area contributed by atoms with Gasteiger partial charge in [0.1, 0.15) is 0 Å². The fraction of sp³-hybridized carbons (Fsp3) is 0.800. The van der Waals surface area contributed by atoms with Gasteiger partial charge in [0.25, 0.3) is 0 Å². The molecule has 0 aromatic heterocycles. The summed E-state index contributed by atoms with van der Waals surface area (Å²) in [7, 11) is 0. The SMILES string of the molecule is CCCC(C)(CC)N(C=O)C(C)=O. The Hall–Kier alpha value is -0.860. The monoisotopic (exact) mass is 185 g/mol. The van der Waals surface area contributed by atoms with Gasteiger partial charge < -0.3 is 0 Å². The Bertz CT molecular complexity index is 191. The molecule has 0 bridgehead atoms. The Morgan fingerprint density at radius 3 is 2.23 bits per heavy atom. The van der Waals surface area contributed by atoms with E-state index in [1.165, 1.54) is 11.8 Å². The van der Waals surface area contributed by atoms with Crippen molar-refractivity contribution in [2.75, 3.05) is 0 Å². The molecule has 0 heterocycles. The number of amides is 2. The Labute approximate surface area is 80.1 Å². The van der Waals surface area contributed by atoms with Crippen LogP contribution in [0.4, 0.5) is 0 Å². The van der Waals surface area contributed by atoms with Gasteiger partial charge in [0.2, 0.25) is 12.3 Å². The van der Waals surface area contributed by atoms with E-state index in [0.717, 1.165) is 19.3 Å². The maximum Gasteiger partial charge on any atom is 0.226 e. The molecule has 0 rings (SSSR count). The molecule has 0 aromatic rings. The van der Waals surface area contributed by atoms with E-state index in [9.17, 15) is 9.59 Å². The summed E-state index contributed by atoms with van der Waals surface area (Å²) in [6, 6.07) is 0. The zero-order valence-corrected chi connectivity index (χ0v) is 8.96. The standard InChI is InChI=1S/C10H19NO2/c1-5-7-10(4,6-2)11(8-12)9(3)13/h8H,5-7H2,1-4H3. The third-order valence-corrected chi connectivity index (χ3v) is 2.58. The van der Waals surface area contributed by atoms with E-state index in [1.54, 1.807) is 0 Å². The van der Waals surface area contributed by atoms with Gasteiger partial charge in [-0.15, -0.1) is 0 Å². The lowest BCUT2D eigenvalue weighted by molar-refractivity contribution is -0.143. The summed E-state index contributed by atoms with van der Waals surface area (Å²) >= 11 is 0. The fourth-order valence-corrected chi connectivity index (χ4v) is 1.59. The van der Waals surface area contributed by atoms with Crippen LogP contribution in [0.3, 0.4) is 0 Å². The van der Waals surface area contributed by atoms with Crippen LogP contribution < -0.4 is 0 Å². The van der Waals surface area contributed by atoms with Crippen LogP contribution in [0.2, 0.25) is 0 Å². The fourth-order valence-electron chi connectivity index (χ4n) is 1.59. The second kappa shape index (κ2) is 5.00. The molecule has 0 aromatic carbocycles. The number of carbonyl (C=O) groups excluding carboxylic acids is 2. The highest BCUT2D eigenvalue weighted by atomic mass is 16.2. The molecular formula is C10H19NO2. The van der Waals surface area contributed by atoms with Crippen LogP contribution in [-0.2, 0) is 9.59 Å². The van der Waals surface area contributed by atoms with Crippen molar-refractivity contribution in [1.82, 2.24) is 4.90 Å². The predicted octanol–water partition coefficient (Wildman–Crippen LogP) is 1.96. The van der Waals surface area contributed by atoms with Gasteiger partial charge in [0.15, 0.2) is 0 Å². The van der Waals surface area contributed by atoms with Gasteiger partial charge in [-0.05, 0) is 19.8 Å². The third-order valence-electron chi connectivity index (χ3n) is 2.58. The van der Waals surface area contributed by atoms with Gasteiger partial charge in [-0.3, -0.25) is 14.5 Å². The molecule has 1 unspecified atom stereocenters. The lowest BCUT2D eigenvalue weighted by Gasteiger charge is -2.36. The molecule has 0 aliphatic heterocycles. The van der Waals surface area contributed by atoms with Crippen molar-refractivity contribution < 1.29 is 9.59 Å². The Balaban J connectivity index is 4.68. The second-order valence-electron chi connectivity index (χ2n) is 3.59. The summed E-state index contributed by atoms with van der Waals surface area (Å²) in [4.78, 5) is 23.2. The number of carbonyl (C=O) groups is 2. The highest BCUT2D eigenvalue weighted by Gasteiger charge is 2.30. The van der Waals surface area contributed by atoms with Crippen molar-refractivity contribution in [1.29, 1.82) is 0 Å². The van der Waals surface area contributed by atoms with Crippen molar-refractivity contribution in [3.63, 3.8) is 0 Å². The van der Waals surface area contributed by atoms with Crippen molar-refractivity contribution in [3.05, 3.63) is 0 Å². The molecule has 0 N–H and O–H groups in total. The molecule has 3 heteroatoms. The van der Waals surface area contributed by atoms with Crippen LogP contribution in [0.5, 0.6) is 0 Å². The molecule has 2 amide bonds. The Kier molecular flexibility index (Phi) is 4.67. The van der Waals surface area contributed by atoms with E-state index in [-0.39, 0.29) is 11.4 Å². The van der Waals surface area contributed by atoms with Crippen LogP contribution >= 0.6 is 0 Å². The van der Waals surface area contributed by atoms with Crippen LogP contribution in [0.25, 0.3) is 0 Å². The van der Waals surface area contributed by atoms with Gasteiger partial charge in [-0.2, -0.15) is 0 Å². The lowest BCUT2D eigenvalue weighted by atomic mass is 9.91. The lowest BCUT2D eigenvalue weighted by Crippen LogP contribution is -2.47. The molecule has 1 atom stereocenters. The maximum atomic E-state index is 11.2. The summed E-state index contributed by atoms with van der Waals surface area (Å²) in [5.41, 5.74) is -0.303. The minimum Gasteiger partial charge on any atom is -0.280 e. The molecular weight excluding hydrogens is 166 g/mol. The smallest absolute Gasteiger partial charge is 0.226 e. The van der Waals surface area contributed by atoms with E-state index in [4.69, 9.17) is 0 Å². The summed E-state index contributed by atoms with van der Waals surface area (Å²) in [5.74, 6) is -0.173. The molecule has 0 fully saturated rings. The van der Waals surface area contributed by atoms with Gasteiger partial charge in [-0.25, -0.2) is 0 Å². The normalized spacial score (nSPS) is 14.8. The second-order valence-corrected chi connectivity index (χ2v) is 3.59. The van der Waals surface area contributed by atoms with Gasteiger partial charge in [0, 0.05) is 12.5 Å². The summed E-state index contributed by atoms with van der Waals surface area (Å²) < 4.78 is 0. The summed E-state index contributed by atoms with van der Waals surface area (Å²) in [6.45, 7) is 7.43. The van der Waals surface area contributed by atoms with Crippen molar-refractivity contribution in [2.45, 2.75) is 52.5 Å². The first kappa shape index (κ1) is 12.1. The number of hydrogen-bond acceptors (Lipinski definition) is 2. The Morgan fingerprint density at radius 2 is 2.00 bits per heavy atom. The molecule has 3 nitrogen and oxygen atoms in total. The molecule has 0 radical (unpaired) electrons. The van der Waals surface area contributed by atoms with E-state index in [0.29, 0.717) is 6.41 Å². The van der Waals surface area contributed by atoms with Crippen LogP contribution in [0.15, 0.2) is 0 Å².